The fourth-order valence-electron chi connectivity index (χ4n) is 3.64. The molecule has 0 spiro atoms. The van der Waals surface area contributed by atoms with Crippen LogP contribution in [0.1, 0.15) is 33.6 Å². The second-order valence-corrected chi connectivity index (χ2v) is 9.56. The van der Waals surface area contributed by atoms with Gasteiger partial charge in [0, 0.05) is 26.1 Å². The number of halogens is 1. The lowest BCUT2D eigenvalue weighted by Crippen LogP contribution is -2.56. The Kier molecular flexibility index (Phi) is 5.15. The van der Waals surface area contributed by atoms with Crippen LogP contribution < -0.4 is 0 Å². The summed E-state index contributed by atoms with van der Waals surface area (Å²) in [7, 11) is -3.62. The van der Waals surface area contributed by atoms with Gasteiger partial charge in [0.2, 0.25) is 5.91 Å². The molecule has 30 heavy (non-hydrogen) atoms. The summed E-state index contributed by atoms with van der Waals surface area (Å²) in [4.78, 5) is 39.6. The number of benzene rings is 2. The topological polar surface area (TPSA) is 91.8 Å². The van der Waals surface area contributed by atoms with E-state index in [1.165, 1.54) is 17.0 Å². The van der Waals surface area contributed by atoms with Gasteiger partial charge in [0.25, 0.3) is 11.8 Å². The van der Waals surface area contributed by atoms with Gasteiger partial charge in [0.05, 0.1) is 16.0 Å². The summed E-state index contributed by atoms with van der Waals surface area (Å²) in [6.07, 6.45) is 0.410. The van der Waals surface area contributed by atoms with E-state index >= 15 is 0 Å². The largest absolute Gasteiger partial charge is 0.340 e. The number of carbonyl (C=O) groups is 3. The molecule has 2 aromatic carbocycles. The van der Waals surface area contributed by atoms with Crippen LogP contribution in [0, 0.1) is 5.82 Å². The van der Waals surface area contributed by atoms with Gasteiger partial charge in [-0.1, -0.05) is 12.1 Å². The molecule has 4 rings (SSSR count). The number of rotatable bonds is 6. The molecule has 0 saturated carbocycles. The van der Waals surface area contributed by atoms with Crippen molar-refractivity contribution in [2.75, 3.05) is 19.6 Å². The zero-order chi connectivity index (χ0) is 21.5. The quantitative estimate of drug-likeness (QED) is 0.516. The molecule has 1 saturated heterocycles. The minimum Gasteiger partial charge on any atom is -0.340 e. The lowest BCUT2D eigenvalue weighted by atomic mass is 10.1. The molecule has 7 nitrogen and oxygen atoms in total. The zero-order valence-corrected chi connectivity index (χ0v) is 16.8. The number of hydrogen-bond donors (Lipinski definition) is 0. The summed E-state index contributed by atoms with van der Waals surface area (Å²) in [5, 5.41) is -0.719. The van der Waals surface area contributed by atoms with Gasteiger partial charge in [-0.3, -0.25) is 19.3 Å². The molecule has 1 fully saturated rings. The van der Waals surface area contributed by atoms with E-state index in [1.54, 1.807) is 24.3 Å². The summed E-state index contributed by atoms with van der Waals surface area (Å²) in [5.74, 6) is -1.47. The minimum absolute atomic E-state index is 0.0339. The summed E-state index contributed by atoms with van der Waals surface area (Å²) in [6, 6.07) is 11.2. The van der Waals surface area contributed by atoms with Gasteiger partial charge >= 0.3 is 0 Å². The number of nitrogens with zero attached hydrogens (tertiary/aromatic N) is 2. The third-order valence-electron chi connectivity index (χ3n) is 5.43. The minimum atomic E-state index is -3.62. The Hall–Kier alpha value is -3.07. The standard InChI is InChI=1S/C21H19FN2O5S/c22-14-7-9-15(10-8-14)30(28,29)16-12-23(13-16)19(25)6-3-11-24-20(26)17-4-1-2-5-18(17)21(24)27/h1-2,4-5,7-10,16H,3,6,11-13H2. The molecule has 2 heterocycles. The van der Waals surface area contributed by atoms with E-state index in [4.69, 9.17) is 0 Å². The molecular weight excluding hydrogens is 411 g/mol. The third-order valence-corrected chi connectivity index (χ3v) is 7.54. The van der Waals surface area contributed by atoms with Crippen LogP contribution >= 0.6 is 0 Å². The Balaban J connectivity index is 1.27. The van der Waals surface area contributed by atoms with Gasteiger partial charge in [0.15, 0.2) is 9.84 Å². The molecular formula is C21H19FN2O5S. The van der Waals surface area contributed by atoms with Crippen LogP contribution in [0.15, 0.2) is 53.4 Å². The lowest BCUT2D eigenvalue weighted by Gasteiger charge is -2.38. The van der Waals surface area contributed by atoms with E-state index in [0.29, 0.717) is 17.5 Å². The van der Waals surface area contributed by atoms with Crippen LogP contribution in [-0.2, 0) is 14.6 Å². The van der Waals surface area contributed by atoms with Gasteiger partial charge in [-0.15, -0.1) is 0 Å². The molecule has 0 aliphatic carbocycles. The van der Waals surface area contributed by atoms with Crippen molar-refractivity contribution in [2.24, 2.45) is 0 Å². The summed E-state index contributed by atoms with van der Waals surface area (Å²) in [5.41, 5.74) is 0.732. The zero-order valence-electron chi connectivity index (χ0n) is 16.0. The first-order valence-electron chi connectivity index (χ1n) is 9.51. The highest BCUT2D eigenvalue weighted by Crippen LogP contribution is 2.26. The van der Waals surface area contributed by atoms with E-state index < -0.39 is 20.9 Å². The molecule has 0 bridgehead atoms. The number of likely N-dealkylation sites (tertiary alicyclic amines) is 1. The van der Waals surface area contributed by atoms with Crippen LogP contribution in [0.2, 0.25) is 0 Å². The van der Waals surface area contributed by atoms with Crippen LogP contribution in [0.3, 0.4) is 0 Å². The van der Waals surface area contributed by atoms with Gasteiger partial charge in [-0.2, -0.15) is 0 Å². The highest BCUT2D eigenvalue weighted by atomic mass is 32.2. The summed E-state index contributed by atoms with van der Waals surface area (Å²) < 4.78 is 38.0. The van der Waals surface area contributed by atoms with Crippen LogP contribution in [0.4, 0.5) is 4.39 Å². The Labute approximate surface area is 173 Å². The summed E-state index contributed by atoms with van der Waals surface area (Å²) >= 11 is 0. The molecule has 0 N–H and O–H groups in total. The first-order chi connectivity index (χ1) is 14.3. The molecule has 2 aliphatic rings. The highest BCUT2D eigenvalue weighted by Gasteiger charge is 2.40. The van der Waals surface area contributed by atoms with Crippen molar-refractivity contribution in [3.05, 3.63) is 65.5 Å². The Morgan fingerprint density at radius 1 is 0.967 bits per heavy atom. The number of carbonyl (C=O) groups excluding carboxylic acids is 3. The molecule has 0 unspecified atom stereocenters. The number of sulfone groups is 1. The molecule has 9 heteroatoms. The van der Waals surface area contributed by atoms with E-state index in [-0.39, 0.29) is 48.7 Å². The van der Waals surface area contributed by atoms with Crippen molar-refractivity contribution in [3.8, 4) is 0 Å². The third kappa shape index (κ3) is 3.49. The summed E-state index contributed by atoms with van der Waals surface area (Å²) in [6.45, 7) is 0.278. The maximum absolute atomic E-state index is 13.0. The maximum Gasteiger partial charge on any atom is 0.261 e. The van der Waals surface area contributed by atoms with E-state index in [9.17, 15) is 27.2 Å². The lowest BCUT2D eigenvalue weighted by molar-refractivity contribution is -0.134. The van der Waals surface area contributed by atoms with E-state index in [0.717, 1.165) is 17.0 Å². The first-order valence-corrected chi connectivity index (χ1v) is 11.1. The van der Waals surface area contributed by atoms with Crippen LogP contribution in [0.5, 0.6) is 0 Å². The Morgan fingerprint density at radius 3 is 2.10 bits per heavy atom. The van der Waals surface area contributed by atoms with E-state index in [1.807, 2.05) is 0 Å². The van der Waals surface area contributed by atoms with Gasteiger partial charge in [-0.25, -0.2) is 12.8 Å². The predicted octanol–water partition coefficient (Wildman–Crippen LogP) is 1.89. The fraction of sp³-hybridized carbons (Fsp3) is 0.286. The maximum atomic E-state index is 13.0. The molecule has 0 aromatic heterocycles. The Morgan fingerprint density at radius 2 is 1.53 bits per heavy atom. The van der Waals surface area contributed by atoms with E-state index in [2.05, 4.69) is 0 Å². The smallest absolute Gasteiger partial charge is 0.261 e. The molecule has 0 atom stereocenters. The molecule has 3 amide bonds. The fourth-order valence-corrected chi connectivity index (χ4v) is 5.30. The second-order valence-electron chi connectivity index (χ2n) is 7.33. The van der Waals surface area contributed by atoms with Gasteiger partial charge in [0.1, 0.15) is 11.1 Å². The first kappa shape index (κ1) is 20.2. The van der Waals surface area contributed by atoms with Crippen LogP contribution in [-0.4, -0.2) is 60.8 Å². The molecule has 0 radical (unpaired) electrons. The average Bonchev–Trinajstić information content (AvgIpc) is 2.92. The normalized spacial score (nSPS) is 16.6. The molecule has 156 valence electrons. The average molecular weight is 430 g/mol. The Bertz CT molecular complexity index is 1090. The van der Waals surface area contributed by atoms with Crippen molar-refractivity contribution in [2.45, 2.75) is 23.0 Å². The SMILES string of the molecule is O=C(CCCN1C(=O)c2ccccc2C1=O)N1CC(S(=O)(=O)c2ccc(F)cc2)C1. The number of imide groups is 1. The monoisotopic (exact) mass is 430 g/mol. The van der Waals surface area contributed by atoms with Gasteiger partial charge < -0.3 is 4.90 Å². The predicted molar refractivity (Wildman–Crippen MR) is 105 cm³/mol. The number of fused-ring (bicyclic) bond motifs is 1. The van der Waals surface area contributed by atoms with Crippen molar-refractivity contribution in [3.63, 3.8) is 0 Å². The highest BCUT2D eigenvalue weighted by molar-refractivity contribution is 7.92. The molecule has 2 aromatic rings. The van der Waals surface area contributed by atoms with Crippen molar-refractivity contribution in [1.82, 2.24) is 9.80 Å². The van der Waals surface area contributed by atoms with Gasteiger partial charge in [-0.05, 0) is 42.8 Å². The number of amides is 3. The van der Waals surface area contributed by atoms with Crippen LogP contribution in [0.25, 0.3) is 0 Å². The molecule has 2 aliphatic heterocycles. The second kappa shape index (κ2) is 7.64. The number of hydrogen-bond acceptors (Lipinski definition) is 5. The van der Waals surface area contributed by atoms with Crippen molar-refractivity contribution < 1.29 is 27.2 Å². The van der Waals surface area contributed by atoms with Crippen molar-refractivity contribution in [1.29, 1.82) is 0 Å². The van der Waals surface area contributed by atoms with Crippen molar-refractivity contribution >= 4 is 27.6 Å².